The lowest BCUT2D eigenvalue weighted by Gasteiger charge is -2.06. The van der Waals surface area contributed by atoms with Crippen molar-refractivity contribution in [3.05, 3.63) is 70.3 Å². The highest BCUT2D eigenvalue weighted by molar-refractivity contribution is 6.08. The van der Waals surface area contributed by atoms with Crippen LogP contribution in [0.1, 0.15) is 10.4 Å². The summed E-state index contributed by atoms with van der Waals surface area (Å²) in [4.78, 5) is 26.6. The van der Waals surface area contributed by atoms with Gasteiger partial charge in [0, 0.05) is 23.3 Å². The lowest BCUT2D eigenvalue weighted by molar-refractivity contribution is -0.384. The molecule has 4 rings (SSSR count). The number of nitrogens with zero attached hydrogens (tertiary/aromatic N) is 3. The third-order valence-electron chi connectivity index (χ3n) is 4.26. The van der Waals surface area contributed by atoms with Crippen molar-refractivity contribution in [2.75, 3.05) is 0 Å². The second-order valence-corrected chi connectivity index (χ2v) is 6.01. The number of non-ortho nitro benzene ring substituents is 1. The van der Waals surface area contributed by atoms with Crippen molar-refractivity contribution in [2.45, 2.75) is 0 Å². The van der Waals surface area contributed by atoms with Crippen molar-refractivity contribution in [3.63, 3.8) is 0 Å². The van der Waals surface area contributed by atoms with Gasteiger partial charge in [0.1, 0.15) is 5.75 Å². The molecule has 9 heteroatoms. The zero-order valence-electron chi connectivity index (χ0n) is 14.2. The van der Waals surface area contributed by atoms with Gasteiger partial charge in [0.15, 0.2) is 5.65 Å². The first-order valence-corrected chi connectivity index (χ1v) is 8.10. The molecule has 0 bridgehead atoms. The molecule has 0 saturated carbocycles. The standard InChI is InChI=1S/C19H12N4O5/c24-13-3-1-2-11(8-13)15-9-14(19(25)26)16-17(21-22-18(16)20-15)10-4-6-12(7-5-10)23(27)28/h1-9,24H,(H,25,26)(H,20,21,22). The van der Waals surface area contributed by atoms with E-state index in [4.69, 9.17) is 0 Å². The third kappa shape index (κ3) is 2.90. The molecule has 4 aromatic rings. The predicted molar refractivity (Wildman–Crippen MR) is 100 cm³/mol. The molecule has 138 valence electrons. The smallest absolute Gasteiger partial charge is 0.336 e. The zero-order valence-corrected chi connectivity index (χ0v) is 14.2. The fourth-order valence-electron chi connectivity index (χ4n) is 2.96. The second kappa shape index (κ2) is 6.47. The van der Waals surface area contributed by atoms with Gasteiger partial charge in [-0.2, -0.15) is 5.10 Å². The number of aromatic nitrogens is 3. The molecule has 0 aliphatic rings. The van der Waals surface area contributed by atoms with E-state index in [1.165, 1.54) is 42.5 Å². The molecule has 0 radical (unpaired) electrons. The normalized spacial score (nSPS) is 10.9. The van der Waals surface area contributed by atoms with Gasteiger partial charge >= 0.3 is 5.97 Å². The summed E-state index contributed by atoms with van der Waals surface area (Å²) >= 11 is 0. The molecule has 2 aromatic carbocycles. The minimum atomic E-state index is -1.17. The van der Waals surface area contributed by atoms with E-state index < -0.39 is 10.9 Å². The van der Waals surface area contributed by atoms with Gasteiger partial charge < -0.3 is 10.2 Å². The van der Waals surface area contributed by atoms with Crippen LogP contribution in [0.5, 0.6) is 5.75 Å². The number of aromatic hydroxyl groups is 1. The predicted octanol–water partition coefficient (Wildman–Crippen LogP) is 3.60. The van der Waals surface area contributed by atoms with E-state index in [-0.39, 0.29) is 22.6 Å². The number of rotatable bonds is 4. The minimum absolute atomic E-state index is 0.0227. The fraction of sp³-hybridized carbons (Fsp3) is 0. The molecule has 0 aliphatic heterocycles. The van der Waals surface area contributed by atoms with Gasteiger partial charge in [0.05, 0.1) is 27.3 Å². The van der Waals surface area contributed by atoms with Crippen LogP contribution >= 0.6 is 0 Å². The minimum Gasteiger partial charge on any atom is -0.508 e. The van der Waals surface area contributed by atoms with Crippen LogP contribution in [0.15, 0.2) is 54.6 Å². The number of pyridine rings is 1. The molecule has 9 nitrogen and oxygen atoms in total. The summed E-state index contributed by atoms with van der Waals surface area (Å²) < 4.78 is 0. The Balaban J connectivity index is 1.91. The highest BCUT2D eigenvalue weighted by Gasteiger charge is 2.20. The molecule has 0 unspecified atom stereocenters. The summed E-state index contributed by atoms with van der Waals surface area (Å²) in [6.07, 6.45) is 0. The molecule has 0 saturated heterocycles. The Hall–Kier alpha value is -4.27. The maximum absolute atomic E-state index is 11.9. The molecule has 0 atom stereocenters. The van der Waals surface area contributed by atoms with Gasteiger partial charge in [-0.05, 0) is 30.3 Å². The van der Waals surface area contributed by atoms with Crippen molar-refractivity contribution < 1.29 is 19.9 Å². The van der Waals surface area contributed by atoms with Crippen LogP contribution in [-0.2, 0) is 0 Å². The van der Waals surface area contributed by atoms with E-state index in [1.54, 1.807) is 12.1 Å². The van der Waals surface area contributed by atoms with Crippen molar-refractivity contribution in [1.29, 1.82) is 0 Å². The number of phenols is 1. The topological polar surface area (TPSA) is 142 Å². The quantitative estimate of drug-likeness (QED) is 0.365. The highest BCUT2D eigenvalue weighted by Crippen LogP contribution is 2.32. The number of carboxylic acids is 1. The molecule has 0 aliphatic carbocycles. The second-order valence-electron chi connectivity index (χ2n) is 6.01. The SMILES string of the molecule is O=C(O)c1cc(-c2cccc(O)c2)nc2n[nH]c(-c3ccc([N+](=O)[O-])cc3)c12. The molecule has 28 heavy (non-hydrogen) atoms. The molecule has 2 heterocycles. The number of aromatic amines is 1. The Morgan fingerprint density at radius 3 is 2.46 bits per heavy atom. The number of nitro benzene ring substituents is 1. The number of H-pyrrole nitrogens is 1. The Labute approximate surface area is 157 Å². The van der Waals surface area contributed by atoms with E-state index in [2.05, 4.69) is 15.2 Å². The zero-order chi connectivity index (χ0) is 19.8. The van der Waals surface area contributed by atoms with Crippen molar-refractivity contribution in [3.8, 4) is 28.3 Å². The van der Waals surface area contributed by atoms with E-state index >= 15 is 0 Å². The third-order valence-corrected chi connectivity index (χ3v) is 4.26. The first kappa shape index (κ1) is 17.2. The number of aromatic carboxylic acids is 1. The monoisotopic (exact) mass is 376 g/mol. The Kier molecular flexibility index (Phi) is 3.96. The number of fused-ring (bicyclic) bond motifs is 1. The number of hydrogen-bond donors (Lipinski definition) is 3. The lowest BCUT2D eigenvalue weighted by Crippen LogP contribution is -2.00. The average molecular weight is 376 g/mol. The molecule has 2 aromatic heterocycles. The fourth-order valence-corrected chi connectivity index (χ4v) is 2.96. The molecule has 3 N–H and O–H groups in total. The van der Waals surface area contributed by atoms with Crippen molar-refractivity contribution >= 4 is 22.7 Å². The number of nitro groups is 1. The van der Waals surface area contributed by atoms with E-state index in [1.807, 2.05) is 0 Å². The van der Waals surface area contributed by atoms with Crippen LogP contribution in [-0.4, -0.2) is 36.3 Å². The summed E-state index contributed by atoms with van der Waals surface area (Å²) in [6, 6.07) is 13.4. The van der Waals surface area contributed by atoms with Gasteiger partial charge in [0.25, 0.3) is 5.69 Å². The molecular weight excluding hydrogens is 364 g/mol. The number of nitrogens with one attached hydrogen (secondary N) is 1. The van der Waals surface area contributed by atoms with Crippen LogP contribution in [0.25, 0.3) is 33.5 Å². The Morgan fingerprint density at radius 1 is 1.07 bits per heavy atom. The van der Waals surface area contributed by atoms with E-state index in [0.29, 0.717) is 27.9 Å². The molecular formula is C19H12N4O5. The van der Waals surface area contributed by atoms with Crippen LogP contribution in [0.4, 0.5) is 5.69 Å². The number of carbonyl (C=O) groups is 1. The van der Waals surface area contributed by atoms with Crippen LogP contribution < -0.4 is 0 Å². The van der Waals surface area contributed by atoms with Crippen LogP contribution in [0, 0.1) is 10.1 Å². The number of carboxylic acid groups (broad SMARTS) is 1. The summed E-state index contributed by atoms with van der Waals surface area (Å²) in [5.74, 6) is -1.14. The van der Waals surface area contributed by atoms with Gasteiger partial charge in [-0.1, -0.05) is 12.1 Å². The summed E-state index contributed by atoms with van der Waals surface area (Å²) in [6.45, 7) is 0. The maximum atomic E-state index is 11.9. The first-order chi connectivity index (χ1) is 13.4. The van der Waals surface area contributed by atoms with Gasteiger partial charge in [-0.3, -0.25) is 15.2 Å². The largest absolute Gasteiger partial charge is 0.508 e. The van der Waals surface area contributed by atoms with Crippen molar-refractivity contribution in [1.82, 2.24) is 15.2 Å². The van der Waals surface area contributed by atoms with Gasteiger partial charge in [-0.25, -0.2) is 9.78 Å². The number of hydrogen-bond acceptors (Lipinski definition) is 6. The summed E-state index contributed by atoms with van der Waals surface area (Å²) in [5.41, 5.74) is 1.93. The Morgan fingerprint density at radius 2 is 1.82 bits per heavy atom. The van der Waals surface area contributed by atoms with Gasteiger partial charge in [-0.15, -0.1) is 0 Å². The number of benzene rings is 2. The van der Waals surface area contributed by atoms with Gasteiger partial charge in [0.2, 0.25) is 0 Å². The first-order valence-electron chi connectivity index (χ1n) is 8.10. The highest BCUT2D eigenvalue weighted by atomic mass is 16.6. The van der Waals surface area contributed by atoms with Crippen LogP contribution in [0.2, 0.25) is 0 Å². The molecule has 0 spiro atoms. The molecule has 0 amide bonds. The lowest BCUT2D eigenvalue weighted by atomic mass is 10.0. The van der Waals surface area contributed by atoms with Crippen molar-refractivity contribution in [2.24, 2.45) is 0 Å². The summed E-state index contributed by atoms with van der Waals surface area (Å²) in [7, 11) is 0. The number of phenolic OH excluding ortho intramolecular Hbond substituents is 1. The maximum Gasteiger partial charge on any atom is 0.336 e. The van der Waals surface area contributed by atoms with Crippen LogP contribution in [0.3, 0.4) is 0 Å². The van der Waals surface area contributed by atoms with E-state index in [0.717, 1.165) is 0 Å². The Bertz CT molecular complexity index is 1230. The van der Waals surface area contributed by atoms with E-state index in [9.17, 15) is 25.1 Å². The average Bonchev–Trinajstić information content (AvgIpc) is 3.11. The molecule has 0 fully saturated rings. The summed E-state index contributed by atoms with van der Waals surface area (Å²) in [5, 5.41) is 37.4.